The molecule has 0 spiro atoms. The first-order valence-electron chi connectivity index (χ1n) is 8.42. The molecule has 24 heavy (non-hydrogen) atoms. The van der Waals surface area contributed by atoms with Gasteiger partial charge in [-0.15, -0.1) is 0 Å². The zero-order chi connectivity index (χ0) is 17.3. The minimum absolute atomic E-state index is 0.00874. The van der Waals surface area contributed by atoms with Crippen LogP contribution in [0.25, 0.3) is 0 Å². The van der Waals surface area contributed by atoms with Crippen LogP contribution in [0.4, 0.5) is 5.69 Å². The summed E-state index contributed by atoms with van der Waals surface area (Å²) >= 11 is 0. The summed E-state index contributed by atoms with van der Waals surface area (Å²) in [6.07, 6.45) is 3.21. The third-order valence-corrected chi connectivity index (χ3v) is 6.63. The van der Waals surface area contributed by atoms with Gasteiger partial charge in [0.05, 0.1) is 17.7 Å². The Morgan fingerprint density at radius 3 is 2.62 bits per heavy atom. The molecule has 0 aromatic heterocycles. The second-order valence-corrected chi connectivity index (χ2v) is 8.53. The number of rotatable bonds is 4. The lowest BCUT2D eigenvalue weighted by Gasteiger charge is -2.30. The molecule has 1 aromatic carbocycles. The average molecular weight is 352 g/mol. The summed E-state index contributed by atoms with van der Waals surface area (Å²) in [4.78, 5) is 13.9. The van der Waals surface area contributed by atoms with Crippen LogP contribution < -0.4 is 9.64 Å². The number of carbonyl (C=O) groups is 1. The number of hydrogen-bond acceptors (Lipinski definition) is 4. The van der Waals surface area contributed by atoms with Crippen molar-refractivity contribution in [3.8, 4) is 5.75 Å². The van der Waals surface area contributed by atoms with Gasteiger partial charge in [-0.3, -0.25) is 4.79 Å². The molecule has 3 rings (SSSR count). The Hall–Kier alpha value is -1.60. The number of sulfonamides is 1. The Balaban J connectivity index is 1.97. The van der Waals surface area contributed by atoms with E-state index in [4.69, 9.17) is 4.74 Å². The smallest absolute Gasteiger partial charge is 0.243 e. The van der Waals surface area contributed by atoms with E-state index in [0.29, 0.717) is 43.4 Å². The van der Waals surface area contributed by atoms with Crippen LogP contribution in [0.2, 0.25) is 0 Å². The molecule has 0 aliphatic carbocycles. The number of nitrogens with zero attached hydrogens (tertiary/aromatic N) is 2. The highest BCUT2D eigenvalue weighted by atomic mass is 32.2. The zero-order valence-corrected chi connectivity index (χ0v) is 15.0. The molecule has 2 aliphatic rings. The van der Waals surface area contributed by atoms with Gasteiger partial charge < -0.3 is 9.64 Å². The predicted molar refractivity (Wildman–Crippen MR) is 91.7 cm³/mol. The number of anilines is 1. The van der Waals surface area contributed by atoms with Crippen LogP contribution in [-0.2, 0) is 14.8 Å². The lowest BCUT2D eigenvalue weighted by atomic mass is 10.0. The minimum Gasteiger partial charge on any atom is -0.495 e. The predicted octanol–water partition coefficient (Wildman–Crippen LogP) is 2.24. The molecule has 2 aliphatic heterocycles. The first kappa shape index (κ1) is 17.2. The molecule has 2 heterocycles. The van der Waals surface area contributed by atoms with Crippen molar-refractivity contribution in [1.29, 1.82) is 0 Å². The molecule has 7 heteroatoms. The van der Waals surface area contributed by atoms with E-state index < -0.39 is 10.0 Å². The van der Waals surface area contributed by atoms with Crippen LogP contribution in [0.3, 0.4) is 0 Å². The monoisotopic (exact) mass is 352 g/mol. The Bertz CT molecular complexity index is 732. The van der Waals surface area contributed by atoms with Gasteiger partial charge in [0, 0.05) is 26.1 Å². The molecule has 2 saturated heterocycles. The average Bonchev–Trinajstić information content (AvgIpc) is 3.00. The first-order chi connectivity index (χ1) is 11.4. The molecule has 0 N–H and O–H groups in total. The first-order valence-corrected chi connectivity index (χ1v) is 9.86. The molecule has 2 fully saturated rings. The second kappa shape index (κ2) is 6.72. The highest BCUT2D eigenvalue weighted by Crippen LogP contribution is 2.35. The van der Waals surface area contributed by atoms with Crippen molar-refractivity contribution in [2.75, 3.05) is 31.6 Å². The Morgan fingerprint density at radius 2 is 2.00 bits per heavy atom. The van der Waals surface area contributed by atoms with Gasteiger partial charge in [-0.1, -0.05) is 6.92 Å². The molecule has 6 nitrogen and oxygen atoms in total. The van der Waals surface area contributed by atoms with Crippen molar-refractivity contribution < 1.29 is 17.9 Å². The molecule has 0 radical (unpaired) electrons. The number of ether oxygens (including phenoxy) is 1. The van der Waals surface area contributed by atoms with Gasteiger partial charge in [0.15, 0.2) is 0 Å². The van der Waals surface area contributed by atoms with E-state index in [0.717, 1.165) is 19.3 Å². The summed E-state index contributed by atoms with van der Waals surface area (Å²) in [5.41, 5.74) is 0.547. The van der Waals surface area contributed by atoms with E-state index in [1.165, 1.54) is 7.11 Å². The molecule has 0 unspecified atom stereocenters. The van der Waals surface area contributed by atoms with Crippen LogP contribution in [0.15, 0.2) is 23.1 Å². The van der Waals surface area contributed by atoms with Crippen LogP contribution >= 0.6 is 0 Å². The molecule has 0 saturated carbocycles. The van der Waals surface area contributed by atoms with E-state index in [1.807, 2.05) is 0 Å². The van der Waals surface area contributed by atoms with E-state index in [-0.39, 0.29) is 10.8 Å². The van der Waals surface area contributed by atoms with Gasteiger partial charge in [-0.25, -0.2) is 8.42 Å². The Kier molecular flexibility index (Phi) is 4.83. The molecule has 132 valence electrons. The maximum Gasteiger partial charge on any atom is 0.243 e. The number of hydrogen-bond donors (Lipinski definition) is 0. The zero-order valence-electron chi connectivity index (χ0n) is 14.2. The summed E-state index contributed by atoms with van der Waals surface area (Å²) in [5.74, 6) is 0.900. The molecule has 1 atom stereocenters. The van der Waals surface area contributed by atoms with Crippen molar-refractivity contribution in [3.05, 3.63) is 18.2 Å². The van der Waals surface area contributed by atoms with Crippen molar-refractivity contribution in [3.63, 3.8) is 0 Å². The van der Waals surface area contributed by atoms with Gasteiger partial charge in [0.2, 0.25) is 15.9 Å². The summed E-state index contributed by atoms with van der Waals surface area (Å²) in [7, 11) is -2.02. The van der Waals surface area contributed by atoms with Gasteiger partial charge in [-0.2, -0.15) is 4.31 Å². The summed E-state index contributed by atoms with van der Waals surface area (Å²) in [6.45, 7) is 3.77. The van der Waals surface area contributed by atoms with Crippen molar-refractivity contribution in [2.45, 2.75) is 37.5 Å². The summed E-state index contributed by atoms with van der Waals surface area (Å²) < 4.78 is 32.8. The number of piperidine rings is 1. The maximum atomic E-state index is 13.0. The van der Waals surface area contributed by atoms with Crippen molar-refractivity contribution in [2.24, 2.45) is 5.92 Å². The molecule has 0 bridgehead atoms. The van der Waals surface area contributed by atoms with Crippen LogP contribution in [-0.4, -0.2) is 45.4 Å². The third kappa shape index (κ3) is 3.15. The normalized spacial score (nSPS) is 22.8. The molecular weight excluding hydrogens is 328 g/mol. The fraction of sp³-hybridized carbons (Fsp3) is 0.588. The van der Waals surface area contributed by atoms with E-state index in [2.05, 4.69) is 6.92 Å². The molecule has 1 aromatic rings. The van der Waals surface area contributed by atoms with Crippen molar-refractivity contribution >= 4 is 21.6 Å². The highest BCUT2D eigenvalue weighted by molar-refractivity contribution is 7.89. The largest absolute Gasteiger partial charge is 0.495 e. The fourth-order valence-corrected chi connectivity index (χ4v) is 5.08. The van der Waals surface area contributed by atoms with E-state index >= 15 is 0 Å². The molecule has 1 amide bonds. The number of methoxy groups -OCH3 is 1. The van der Waals surface area contributed by atoms with Gasteiger partial charge in [-0.05, 0) is 43.4 Å². The lowest BCUT2D eigenvalue weighted by Crippen LogP contribution is -2.39. The van der Waals surface area contributed by atoms with Crippen LogP contribution in [0, 0.1) is 5.92 Å². The quantitative estimate of drug-likeness (QED) is 0.833. The second-order valence-electron chi connectivity index (χ2n) is 6.59. The number of carbonyl (C=O) groups excluding carboxylic acids is 1. The highest BCUT2D eigenvalue weighted by Gasteiger charge is 2.31. The van der Waals surface area contributed by atoms with Gasteiger partial charge in [0.1, 0.15) is 5.75 Å². The third-order valence-electron chi connectivity index (χ3n) is 4.77. The summed E-state index contributed by atoms with van der Waals surface area (Å²) in [5, 5.41) is 0. The Labute approximate surface area is 143 Å². The van der Waals surface area contributed by atoms with E-state index in [1.54, 1.807) is 27.4 Å². The maximum absolute atomic E-state index is 13.0. The topological polar surface area (TPSA) is 66.9 Å². The number of amides is 1. The van der Waals surface area contributed by atoms with Crippen LogP contribution in [0.1, 0.15) is 32.6 Å². The van der Waals surface area contributed by atoms with Crippen molar-refractivity contribution in [1.82, 2.24) is 4.31 Å². The fourth-order valence-electron chi connectivity index (χ4n) is 3.46. The standard InChI is InChI=1S/C17H24N2O4S/c1-13-5-3-9-18(12-13)24(21,22)14-7-8-16(23-2)15(11-14)19-10-4-6-17(19)20/h7-8,11,13H,3-6,9-10,12H2,1-2H3/t13-/m1/s1. The number of benzene rings is 1. The van der Waals surface area contributed by atoms with Crippen LogP contribution in [0.5, 0.6) is 5.75 Å². The lowest BCUT2D eigenvalue weighted by molar-refractivity contribution is -0.117. The van der Waals surface area contributed by atoms with E-state index in [9.17, 15) is 13.2 Å². The summed E-state index contributed by atoms with van der Waals surface area (Å²) in [6, 6.07) is 4.79. The van der Waals surface area contributed by atoms with Gasteiger partial charge >= 0.3 is 0 Å². The molecular formula is C17H24N2O4S. The Morgan fingerprint density at radius 1 is 1.21 bits per heavy atom. The van der Waals surface area contributed by atoms with Gasteiger partial charge in [0.25, 0.3) is 0 Å². The SMILES string of the molecule is COc1ccc(S(=O)(=O)N2CCC[C@@H](C)C2)cc1N1CCCC1=O. The minimum atomic E-state index is -3.55.